The molecule has 0 aliphatic rings. The van der Waals surface area contributed by atoms with Crippen LogP contribution in [0.3, 0.4) is 0 Å². The molecule has 0 N–H and O–H groups in total. The Kier molecular flexibility index (Phi) is 4.33. The molecule has 0 bridgehead atoms. The molecular weight excluding hydrogens is 308 g/mol. The van der Waals surface area contributed by atoms with Crippen LogP contribution in [-0.4, -0.2) is 12.6 Å². The van der Waals surface area contributed by atoms with Crippen molar-refractivity contribution < 1.29 is 18.7 Å². The Morgan fingerprint density at radius 3 is 2.46 bits per heavy atom. The van der Waals surface area contributed by atoms with E-state index in [1.165, 1.54) is 12.1 Å². The van der Waals surface area contributed by atoms with E-state index in [1.54, 1.807) is 43.3 Å². The van der Waals surface area contributed by atoms with Gasteiger partial charge in [-0.15, -0.1) is 0 Å². The fourth-order valence-electron chi connectivity index (χ4n) is 2.34. The normalized spacial score (nSPS) is 10.6. The largest absolute Gasteiger partial charge is 0.494 e. The number of fused-ring (bicyclic) bond motifs is 1. The Balaban J connectivity index is 1.83. The second kappa shape index (κ2) is 6.58. The van der Waals surface area contributed by atoms with Crippen LogP contribution in [0.25, 0.3) is 11.0 Å². The van der Waals surface area contributed by atoms with Crippen LogP contribution in [0.5, 0.6) is 11.5 Å². The molecule has 122 valence electrons. The molecule has 0 atom stereocenters. The summed E-state index contributed by atoms with van der Waals surface area (Å²) in [4.78, 5) is 24.2. The van der Waals surface area contributed by atoms with Gasteiger partial charge in [-0.3, -0.25) is 4.79 Å². The van der Waals surface area contributed by atoms with Crippen molar-refractivity contribution >= 4 is 16.9 Å². The Morgan fingerprint density at radius 2 is 1.75 bits per heavy atom. The highest BCUT2D eigenvalue weighted by molar-refractivity contribution is 5.91. The molecule has 0 unspecified atom stereocenters. The van der Waals surface area contributed by atoms with Gasteiger partial charge in [0.05, 0.1) is 17.6 Å². The topological polar surface area (TPSA) is 65.7 Å². The lowest BCUT2D eigenvalue weighted by molar-refractivity contribution is 0.0735. The van der Waals surface area contributed by atoms with Gasteiger partial charge in [-0.2, -0.15) is 0 Å². The van der Waals surface area contributed by atoms with Crippen LogP contribution in [0.15, 0.2) is 57.7 Å². The molecule has 2 aromatic carbocycles. The van der Waals surface area contributed by atoms with Gasteiger partial charge in [-0.25, -0.2) is 4.79 Å². The molecule has 0 amide bonds. The van der Waals surface area contributed by atoms with Crippen molar-refractivity contribution in [3.8, 4) is 11.5 Å². The summed E-state index contributed by atoms with van der Waals surface area (Å²) in [5, 5.41) is 0.373. The highest BCUT2D eigenvalue weighted by Crippen LogP contribution is 2.21. The number of rotatable bonds is 4. The number of benzene rings is 2. The van der Waals surface area contributed by atoms with Crippen LogP contribution >= 0.6 is 0 Å². The average molecular weight is 324 g/mol. The fourth-order valence-corrected chi connectivity index (χ4v) is 2.34. The first-order valence-electron chi connectivity index (χ1n) is 7.56. The van der Waals surface area contributed by atoms with Crippen LogP contribution in [0.2, 0.25) is 0 Å². The minimum atomic E-state index is -0.506. The molecule has 1 aromatic heterocycles. The van der Waals surface area contributed by atoms with E-state index in [0.29, 0.717) is 34.6 Å². The first-order valence-corrected chi connectivity index (χ1v) is 7.56. The van der Waals surface area contributed by atoms with E-state index in [9.17, 15) is 9.59 Å². The van der Waals surface area contributed by atoms with E-state index in [0.717, 1.165) is 0 Å². The second-order valence-corrected chi connectivity index (χ2v) is 5.23. The van der Waals surface area contributed by atoms with Gasteiger partial charge in [0, 0.05) is 6.07 Å². The molecule has 0 aliphatic carbocycles. The van der Waals surface area contributed by atoms with Crippen molar-refractivity contribution in [3.05, 3.63) is 70.1 Å². The molecule has 0 saturated carbocycles. The zero-order valence-corrected chi connectivity index (χ0v) is 13.4. The summed E-state index contributed by atoms with van der Waals surface area (Å²) in [7, 11) is 0. The first-order chi connectivity index (χ1) is 11.6. The van der Waals surface area contributed by atoms with Gasteiger partial charge in [-0.1, -0.05) is 0 Å². The molecular formula is C19H16O5. The quantitative estimate of drug-likeness (QED) is 0.540. The van der Waals surface area contributed by atoms with Crippen LogP contribution in [-0.2, 0) is 0 Å². The summed E-state index contributed by atoms with van der Waals surface area (Å²) in [6.45, 7) is 4.16. The Labute approximate surface area is 138 Å². The zero-order chi connectivity index (χ0) is 17.1. The van der Waals surface area contributed by atoms with E-state index >= 15 is 0 Å². The maximum Gasteiger partial charge on any atom is 0.343 e. The fraction of sp³-hybridized carbons (Fsp3) is 0.158. The van der Waals surface area contributed by atoms with Crippen molar-refractivity contribution in [2.24, 2.45) is 0 Å². The number of aryl methyl sites for hydroxylation is 1. The van der Waals surface area contributed by atoms with Gasteiger partial charge < -0.3 is 13.9 Å². The zero-order valence-electron chi connectivity index (χ0n) is 13.4. The standard InChI is InChI=1S/C19H16O5/c1-3-22-14-6-4-13(5-7-14)19(21)24-15-8-9-18-16(11-15)17(20)10-12(2)23-18/h4-11H,3H2,1-2H3. The molecule has 3 aromatic rings. The number of carbonyl (C=O) groups excluding carboxylic acids is 1. The van der Waals surface area contributed by atoms with E-state index < -0.39 is 5.97 Å². The third-order valence-corrected chi connectivity index (χ3v) is 3.43. The lowest BCUT2D eigenvalue weighted by atomic mass is 10.2. The van der Waals surface area contributed by atoms with Gasteiger partial charge in [0.15, 0.2) is 5.43 Å². The molecule has 0 spiro atoms. The second-order valence-electron chi connectivity index (χ2n) is 5.23. The molecule has 3 rings (SSSR count). The van der Waals surface area contributed by atoms with E-state index in [4.69, 9.17) is 13.9 Å². The highest BCUT2D eigenvalue weighted by Gasteiger charge is 2.11. The van der Waals surface area contributed by atoms with E-state index in [2.05, 4.69) is 0 Å². The molecule has 0 saturated heterocycles. The lowest BCUT2D eigenvalue weighted by Crippen LogP contribution is -2.09. The summed E-state index contributed by atoms with van der Waals surface area (Å²) in [6, 6.07) is 12.8. The maximum absolute atomic E-state index is 12.2. The summed E-state index contributed by atoms with van der Waals surface area (Å²) in [5.74, 6) is 1.01. The molecule has 0 fully saturated rings. The number of esters is 1. The molecule has 1 heterocycles. The average Bonchev–Trinajstić information content (AvgIpc) is 2.56. The van der Waals surface area contributed by atoms with Crippen molar-refractivity contribution in [3.63, 3.8) is 0 Å². The maximum atomic E-state index is 12.2. The summed E-state index contributed by atoms with van der Waals surface area (Å²) >= 11 is 0. The third-order valence-electron chi connectivity index (χ3n) is 3.43. The number of ether oxygens (including phenoxy) is 2. The minimum absolute atomic E-state index is 0.173. The van der Waals surface area contributed by atoms with Gasteiger partial charge in [0.25, 0.3) is 0 Å². The van der Waals surface area contributed by atoms with Gasteiger partial charge in [0.1, 0.15) is 22.8 Å². The smallest absolute Gasteiger partial charge is 0.343 e. The Hall–Kier alpha value is -3.08. The van der Waals surface area contributed by atoms with Crippen molar-refractivity contribution in [1.82, 2.24) is 0 Å². The summed E-state index contributed by atoms with van der Waals surface area (Å²) in [6.07, 6.45) is 0. The monoisotopic (exact) mass is 324 g/mol. The first kappa shape index (κ1) is 15.8. The predicted octanol–water partition coefficient (Wildman–Crippen LogP) is 3.72. The van der Waals surface area contributed by atoms with Crippen LogP contribution < -0.4 is 14.9 Å². The number of hydrogen-bond donors (Lipinski definition) is 0. The molecule has 5 heteroatoms. The van der Waals surface area contributed by atoms with Crippen LogP contribution in [0.4, 0.5) is 0 Å². The van der Waals surface area contributed by atoms with Gasteiger partial charge in [0.2, 0.25) is 0 Å². The van der Waals surface area contributed by atoms with Crippen molar-refractivity contribution in [2.45, 2.75) is 13.8 Å². The van der Waals surface area contributed by atoms with E-state index in [1.807, 2.05) is 6.92 Å². The predicted molar refractivity (Wildman–Crippen MR) is 89.8 cm³/mol. The van der Waals surface area contributed by atoms with Gasteiger partial charge in [-0.05, 0) is 56.3 Å². The van der Waals surface area contributed by atoms with Crippen LogP contribution in [0.1, 0.15) is 23.0 Å². The van der Waals surface area contributed by atoms with E-state index in [-0.39, 0.29) is 11.2 Å². The third kappa shape index (κ3) is 3.30. The van der Waals surface area contributed by atoms with Gasteiger partial charge >= 0.3 is 5.97 Å². The highest BCUT2D eigenvalue weighted by atomic mass is 16.5. The number of carbonyl (C=O) groups is 1. The number of hydrogen-bond acceptors (Lipinski definition) is 5. The minimum Gasteiger partial charge on any atom is -0.494 e. The lowest BCUT2D eigenvalue weighted by Gasteiger charge is -2.07. The molecule has 0 aliphatic heterocycles. The Morgan fingerprint density at radius 1 is 1.04 bits per heavy atom. The summed E-state index contributed by atoms with van der Waals surface area (Å²) in [5.41, 5.74) is 0.683. The Bertz CT molecular complexity index is 938. The van der Waals surface area contributed by atoms with Crippen molar-refractivity contribution in [2.75, 3.05) is 6.61 Å². The SMILES string of the molecule is CCOc1ccc(C(=O)Oc2ccc3oc(C)cc(=O)c3c2)cc1. The molecule has 0 radical (unpaired) electrons. The van der Waals surface area contributed by atoms with Crippen molar-refractivity contribution in [1.29, 1.82) is 0 Å². The van der Waals surface area contributed by atoms with Crippen LogP contribution in [0, 0.1) is 6.92 Å². The molecule has 5 nitrogen and oxygen atoms in total. The summed E-state index contributed by atoms with van der Waals surface area (Å²) < 4.78 is 16.1. The molecule has 24 heavy (non-hydrogen) atoms.